The first-order valence-electron chi connectivity index (χ1n) is 12.1. The van der Waals surface area contributed by atoms with Gasteiger partial charge >= 0.3 is 6.03 Å². The Hall–Kier alpha value is -4.39. The number of rotatable bonds is 6. The van der Waals surface area contributed by atoms with E-state index in [-0.39, 0.29) is 6.03 Å². The Morgan fingerprint density at radius 1 is 0.972 bits per heavy atom. The lowest BCUT2D eigenvalue weighted by Crippen LogP contribution is -2.39. The highest BCUT2D eigenvalue weighted by Gasteiger charge is 2.27. The number of nitrogens with one attached hydrogen (secondary N) is 1. The maximum absolute atomic E-state index is 13.0. The van der Waals surface area contributed by atoms with Gasteiger partial charge in [0.05, 0.1) is 17.8 Å². The second-order valence-corrected chi connectivity index (χ2v) is 8.98. The largest absolute Gasteiger partial charge is 0.438 e. The van der Waals surface area contributed by atoms with Gasteiger partial charge in [0.25, 0.3) is 0 Å². The van der Waals surface area contributed by atoms with Gasteiger partial charge in [0.15, 0.2) is 0 Å². The molecule has 182 valence electrons. The molecule has 7 nitrogen and oxygen atoms in total. The molecule has 3 aromatic carbocycles. The zero-order valence-corrected chi connectivity index (χ0v) is 20.5. The van der Waals surface area contributed by atoms with Crippen LogP contribution in [0.5, 0.6) is 11.6 Å². The molecule has 0 unspecified atom stereocenters. The van der Waals surface area contributed by atoms with Crippen molar-refractivity contribution in [2.45, 2.75) is 26.4 Å². The maximum Gasteiger partial charge on any atom is 0.322 e. The molecule has 4 aromatic rings. The Balaban J connectivity index is 1.43. The lowest BCUT2D eigenvalue weighted by Gasteiger charge is -2.30. The van der Waals surface area contributed by atoms with Crippen molar-refractivity contribution in [2.75, 3.05) is 23.8 Å². The van der Waals surface area contributed by atoms with E-state index in [9.17, 15) is 4.79 Å². The Kier molecular flexibility index (Phi) is 6.80. The van der Waals surface area contributed by atoms with Crippen LogP contribution in [-0.4, -0.2) is 34.5 Å². The van der Waals surface area contributed by atoms with Crippen LogP contribution in [0, 0.1) is 6.92 Å². The van der Waals surface area contributed by atoms with Crippen molar-refractivity contribution >= 4 is 17.7 Å². The maximum atomic E-state index is 13.0. The van der Waals surface area contributed by atoms with Crippen LogP contribution < -0.4 is 15.0 Å². The smallest absolute Gasteiger partial charge is 0.322 e. The average Bonchev–Trinajstić information content (AvgIpc) is 2.91. The number of fused-ring (bicyclic) bond motifs is 1. The SMILES string of the molecule is Cc1ccc(Oc2nc(N(C)Cc3ccccc3)nc3c2CN(C(=O)Nc2ccccc2)CC3)cc1. The van der Waals surface area contributed by atoms with Crippen molar-refractivity contribution in [3.8, 4) is 11.6 Å². The Bertz CT molecular complexity index is 1330. The Morgan fingerprint density at radius 3 is 2.39 bits per heavy atom. The number of nitrogens with zero attached hydrogens (tertiary/aromatic N) is 4. The van der Waals surface area contributed by atoms with Gasteiger partial charge in [-0.15, -0.1) is 0 Å². The van der Waals surface area contributed by atoms with E-state index in [4.69, 9.17) is 14.7 Å². The molecular formula is C29H29N5O2. The lowest BCUT2D eigenvalue weighted by molar-refractivity contribution is 0.205. The highest BCUT2D eigenvalue weighted by molar-refractivity contribution is 5.89. The number of urea groups is 1. The predicted octanol–water partition coefficient (Wildman–Crippen LogP) is 5.80. The Labute approximate surface area is 211 Å². The molecule has 5 rings (SSSR count). The number of para-hydroxylation sites is 1. The van der Waals surface area contributed by atoms with Crippen LogP contribution in [0.25, 0.3) is 0 Å². The first-order valence-corrected chi connectivity index (χ1v) is 12.1. The van der Waals surface area contributed by atoms with Crippen LogP contribution in [0.3, 0.4) is 0 Å². The Morgan fingerprint density at radius 2 is 1.67 bits per heavy atom. The first kappa shape index (κ1) is 23.4. The van der Waals surface area contributed by atoms with Crippen molar-refractivity contribution in [3.63, 3.8) is 0 Å². The van der Waals surface area contributed by atoms with Crippen molar-refractivity contribution in [2.24, 2.45) is 0 Å². The summed E-state index contributed by atoms with van der Waals surface area (Å²) in [7, 11) is 1.98. The summed E-state index contributed by atoms with van der Waals surface area (Å²) in [6, 6.07) is 27.4. The number of hydrogen-bond donors (Lipinski definition) is 1. The molecule has 0 saturated carbocycles. The van der Waals surface area contributed by atoms with Crippen LogP contribution in [0.4, 0.5) is 16.4 Å². The quantitative estimate of drug-likeness (QED) is 0.378. The monoisotopic (exact) mass is 479 g/mol. The summed E-state index contributed by atoms with van der Waals surface area (Å²) in [5.74, 6) is 1.78. The van der Waals surface area contributed by atoms with Gasteiger partial charge in [-0.05, 0) is 36.8 Å². The molecule has 0 bridgehead atoms. The third kappa shape index (κ3) is 5.46. The van der Waals surface area contributed by atoms with Gasteiger partial charge in [-0.2, -0.15) is 4.98 Å². The molecule has 1 N–H and O–H groups in total. The van der Waals surface area contributed by atoms with Gasteiger partial charge in [0.1, 0.15) is 5.75 Å². The second kappa shape index (κ2) is 10.5. The van der Waals surface area contributed by atoms with E-state index in [0.717, 1.165) is 22.5 Å². The topological polar surface area (TPSA) is 70.6 Å². The molecule has 2 amide bonds. The van der Waals surface area contributed by atoms with Crippen LogP contribution >= 0.6 is 0 Å². The number of aromatic nitrogens is 2. The van der Waals surface area contributed by atoms with Gasteiger partial charge in [0.2, 0.25) is 11.8 Å². The zero-order valence-electron chi connectivity index (χ0n) is 20.5. The fraction of sp³-hybridized carbons (Fsp3) is 0.207. The third-order valence-corrected chi connectivity index (χ3v) is 6.16. The number of hydrogen-bond acceptors (Lipinski definition) is 5. The predicted molar refractivity (Wildman–Crippen MR) is 141 cm³/mol. The van der Waals surface area contributed by atoms with E-state index in [1.165, 1.54) is 5.56 Å². The number of carbonyl (C=O) groups excluding carboxylic acids is 1. The van der Waals surface area contributed by atoms with E-state index in [0.29, 0.717) is 43.6 Å². The molecule has 7 heteroatoms. The molecule has 1 aliphatic heterocycles. The summed E-state index contributed by atoms with van der Waals surface area (Å²) in [6.45, 7) is 3.65. The van der Waals surface area contributed by atoms with Crippen molar-refractivity contribution in [1.29, 1.82) is 0 Å². The fourth-order valence-electron chi connectivity index (χ4n) is 4.17. The number of amides is 2. The van der Waals surface area contributed by atoms with Gasteiger partial charge < -0.3 is 19.9 Å². The molecule has 0 fully saturated rings. The minimum atomic E-state index is -0.154. The van der Waals surface area contributed by atoms with Crippen molar-refractivity contribution in [1.82, 2.24) is 14.9 Å². The summed E-state index contributed by atoms with van der Waals surface area (Å²) in [6.07, 6.45) is 0.622. The fourth-order valence-corrected chi connectivity index (χ4v) is 4.17. The van der Waals surface area contributed by atoms with Crippen molar-refractivity contribution < 1.29 is 9.53 Å². The molecule has 0 saturated heterocycles. The number of aryl methyl sites for hydroxylation is 1. The molecule has 0 atom stereocenters. The van der Waals surface area contributed by atoms with Gasteiger partial charge in [0, 0.05) is 32.2 Å². The van der Waals surface area contributed by atoms with E-state index in [1.54, 1.807) is 4.90 Å². The molecule has 1 aromatic heterocycles. The summed E-state index contributed by atoms with van der Waals surface area (Å²) in [5, 5.41) is 2.97. The number of carbonyl (C=O) groups is 1. The minimum Gasteiger partial charge on any atom is -0.438 e. The summed E-state index contributed by atoms with van der Waals surface area (Å²) < 4.78 is 6.28. The molecule has 36 heavy (non-hydrogen) atoms. The summed E-state index contributed by atoms with van der Waals surface area (Å²) in [4.78, 5) is 26.5. The third-order valence-electron chi connectivity index (χ3n) is 6.16. The van der Waals surface area contributed by atoms with Crippen LogP contribution in [0.15, 0.2) is 84.9 Å². The highest BCUT2D eigenvalue weighted by atomic mass is 16.5. The molecule has 0 spiro atoms. The van der Waals surface area contributed by atoms with E-state index in [2.05, 4.69) is 17.4 Å². The number of ether oxygens (including phenoxy) is 1. The average molecular weight is 480 g/mol. The van der Waals surface area contributed by atoms with Crippen LogP contribution in [0.1, 0.15) is 22.4 Å². The van der Waals surface area contributed by atoms with E-state index < -0.39 is 0 Å². The van der Waals surface area contributed by atoms with E-state index in [1.807, 2.05) is 91.7 Å². The first-order chi connectivity index (χ1) is 17.5. The zero-order chi connectivity index (χ0) is 24.9. The molecule has 1 aliphatic rings. The molecular weight excluding hydrogens is 450 g/mol. The van der Waals surface area contributed by atoms with Gasteiger partial charge in [-0.1, -0.05) is 66.2 Å². The van der Waals surface area contributed by atoms with Crippen LogP contribution in [0.2, 0.25) is 0 Å². The van der Waals surface area contributed by atoms with Gasteiger partial charge in [-0.25, -0.2) is 9.78 Å². The van der Waals surface area contributed by atoms with Gasteiger partial charge in [-0.3, -0.25) is 0 Å². The summed E-state index contributed by atoms with van der Waals surface area (Å²) in [5.41, 5.74) is 4.83. The molecule has 0 aliphatic carbocycles. The second-order valence-electron chi connectivity index (χ2n) is 8.98. The van der Waals surface area contributed by atoms with Crippen molar-refractivity contribution in [3.05, 3.63) is 107 Å². The number of anilines is 2. The number of benzene rings is 3. The standard InChI is InChI=1S/C29H29N5O2/c1-21-13-15-24(16-14-21)36-27-25-20-34(29(35)30-23-11-7-4-8-12-23)18-17-26(25)31-28(32-27)33(2)19-22-9-5-3-6-10-22/h3-16H,17-20H2,1-2H3,(H,30,35). The lowest BCUT2D eigenvalue weighted by atomic mass is 10.1. The van der Waals surface area contributed by atoms with Crippen LogP contribution in [-0.2, 0) is 19.5 Å². The highest BCUT2D eigenvalue weighted by Crippen LogP contribution is 2.32. The normalized spacial score (nSPS) is 12.6. The summed E-state index contributed by atoms with van der Waals surface area (Å²) >= 11 is 0. The molecule has 2 heterocycles. The minimum absolute atomic E-state index is 0.154. The molecule has 0 radical (unpaired) electrons. The van der Waals surface area contributed by atoms with E-state index >= 15 is 0 Å².